The van der Waals surface area contributed by atoms with Crippen LogP contribution in [0.5, 0.6) is 11.5 Å². The van der Waals surface area contributed by atoms with Crippen molar-refractivity contribution in [2.75, 3.05) is 38.3 Å². The zero-order valence-electron chi connectivity index (χ0n) is 20.7. The molecule has 1 atom stereocenters. The first kappa shape index (κ1) is 30.1. The average molecular weight is 549 g/mol. The third-order valence-corrected chi connectivity index (χ3v) is 7.09. The number of carbonyl (C=O) groups excluding carboxylic acids is 1. The second kappa shape index (κ2) is 12.9. The third kappa shape index (κ3) is 7.00. The van der Waals surface area contributed by atoms with Crippen molar-refractivity contribution in [1.29, 1.82) is 0 Å². The molecule has 2 aromatic carbocycles. The van der Waals surface area contributed by atoms with E-state index in [1.165, 1.54) is 36.8 Å². The normalized spacial score (nSPS) is 15.2. The van der Waals surface area contributed by atoms with Gasteiger partial charge in [0.05, 0.1) is 31.6 Å². The molecular formula is C25H32ClF3N2O4S. The summed E-state index contributed by atoms with van der Waals surface area (Å²) in [6.45, 7) is 7.27. The van der Waals surface area contributed by atoms with Crippen LogP contribution in [0.4, 0.5) is 18.9 Å². The fraction of sp³-hybridized carbons (Fsp3) is 0.480. The van der Waals surface area contributed by atoms with Crippen molar-refractivity contribution in [3.63, 3.8) is 0 Å². The maximum Gasteiger partial charge on any atom is 0.416 e. The molecular weight excluding hydrogens is 517 g/mol. The molecule has 0 aromatic heterocycles. The van der Waals surface area contributed by atoms with E-state index in [0.29, 0.717) is 41.5 Å². The Balaban J connectivity index is 0.00000456. The van der Waals surface area contributed by atoms with Gasteiger partial charge in [0.1, 0.15) is 16.9 Å². The lowest BCUT2D eigenvalue weighted by molar-refractivity contribution is -0.137. The molecule has 3 rings (SSSR count). The van der Waals surface area contributed by atoms with Crippen LogP contribution < -0.4 is 14.4 Å². The van der Waals surface area contributed by atoms with E-state index in [1.54, 1.807) is 18.2 Å². The van der Waals surface area contributed by atoms with Gasteiger partial charge >= 0.3 is 6.18 Å². The zero-order chi connectivity index (χ0) is 25.8. The van der Waals surface area contributed by atoms with Gasteiger partial charge in [0.25, 0.3) is 0 Å². The van der Waals surface area contributed by atoms with Gasteiger partial charge < -0.3 is 14.6 Å². The molecule has 1 unspecified atom stereocenters. The summed E-state index contributed by atoms with van der Waals surface area (Å²) < 4.78 is 51.4. The van der Waals surface area contributed by atoms with Crippen LogP contribution in [0.1, 0.15) is 43.7 Å². The van der Waals surface area contributed by atoms with Crippen molar-refractivity contribution in [3.8, 4) is 11.5 Å². The lowest BCUT2D eigenvalue weighted by atomic mass is 10.1. The highest BCUT2D eigenvalue weighted by Crippen LogP contribution is 2.54. The van der Waals surface area contributed by atoms with E-state index in [0.717, 1.165) is 18.7 Å². The number of benzene rings is 2. The molecule has 0 aliphatic carbocycles. The molecule has 0 fully saturated rings. The van der Waals surface area contributed by atoms with Crippen molar-refractivity contribution < 1.29 is 32.5 Å². The Morgan fingerprint density at radius 2 is 1.92 bits per heavy atom. The first-order valence-electron chi connectivity index (χ1n) is 11.4. The number of thioether (sulfide) groups is 1. The fourth-order valence-electron chi connectivity index (χ4n) is 4.00. The second-order valence-electron chi connectivity index (χ2n) is 8.50. The van der Waals surface area contributed by atoms with Crippen molar-refractivity contribution in [1.82, 2.24) is 4.90 Å². The van der Waals surface area contributed by atoms with E-state index >= 15 is 0 Å². The number of methoxy groups -OCH3 is 1. The number of halogens is 4. The summed E-state index contributed by atoms with van der Waals surface area (Å²) in [5, 5.41) is 8.65. The monoisotopic (exact) mass is 548 g/mol. The number of fused-ring (bicyclic) bond motifs is 1. The summed E-state index contributed by atoms with van der Waals surface area (Å²) >= 11 is 1.30. The maximum atomic E-state index is 13.3. The molecule has 0 saturated heterocycles. The predicted molar refractivity (Wildman–Crippen MR) is 137 cm³/mol. The molecule has 1 aliphatic heterocycles. The van der Waals surface area contributed by atoms with Crippen LogP contribution in [-0.2, 0) is 11.0 Å². The number of aliphatic hydroxyl groups is 1. The SMILES string of the molecule is COc1ccc(OCCCN(CCO)C(C)C)c(C2Sc3ccc(C(F)(F)F)cc3N2C(C)=O)c1.Cl. The minimum absolute atomic E-state index is 0. The van der Waals surface area contributed by atoms with Crippen LogP contribution in [0, 0.1) is 0 Å². The van der Waals surface area contributed by atoms with Gasteiger partial charge in [-0.3, -0.25) is 14.6 Å². The first-order chi connectivity index (χ1) is 16.6. The molecule has 1 amide bonds. The molecule has 1 aliphatic rings. The topological polar surface area (TPSA) is 62.2 Å². The molecule has 0 spiro atoms. The molecule has 11 heteroatoms. The number of hydrogen-bond donors (Lipinski definition) is 1. The van der Waals surface area contributed by atoms with Gasteiger partial charge in [-0.05, 0) is 56.7 Å². The zero-order valence-corrected chi connectivity index (χ0v) is 22.3. The quantitative estimate of drug-likeness (QED) is 0.381. The van der Waals surface area contributed by atoms with E-state index in [-0.39, 0.29) is 36.7 Å². The van der Waals surface area contributed by atoms with Crippen molar-refractivity contribution in [3.05, 3.63) is 47.5 Å². The number of nitrogens with zero attached hydrogens (tertiary/aromatic N) is 2. The number of aliphatic hydroxyl groups excluding tert-OH is 1. The van der Waals surface area contributed by atoms with Gasteiger partial charge in [-0.2, -0.15) is 13.2 Å². The molecule has 36 heavy (non-hydrogen) atoms. The molecule has 0 bridgehead atoms. The molecule has 1 heterocycles. The summed E-state index contributed by atoms with van der Waals surface area (Å²) in [5.74, 6) is 0.722. The summed E-state index contributed by atoms with van der Waals surface area (Å²) in [5.41, 5.74) is 0.0708. The van der Waals surface area contributed by atoms with Crippen molar-refractivity contribution in [2.45, 2.75) is 49.7 Å². The Morgan fingerprint density at radius 1 is 1.19 bits per heavy atom. The van der Waals surface area contributed by atoms with Gasteiger partial charge in [-0.15, -0.1) is 12.4 Å². The number of amides is 1. The average Bonchev–Trinajstić information content (AvgIpc) is 3.19. The fourth-order valence-corrected chi connectivity index (χ4v) is 5.35. The smallest absolute Gasteiger partial charge is 0.416 e. The molecule has 1 N–H and O–H groups in total. The number of alkyl halides is 3. The minimum atomic E-state index is -4.51. The van der Waals surface area contributed by atoms with Crippen LogP contribution in [-0.4, -0.2) is 55.4 Å². The van der Waals surface area contributed by atoms with Crippen LogP contribution in [0.25, 0.3) is 0 Å². The Kier molecular flexibility index (Phi) is 10.8. The summed E-state index contributed by atoms with van der Waals surface area (Å²) in [6, 6.07) is 9.00. The van der Waals surface area contributed by atoms with Gasteiger partial charge in [0.2, 0.25) is 5.91 Å². The second-order valence-corrected chi connectivity index (χ2v) is 9.62. The van der Waals surface area contributed by atoms with E-state index in [1.807, 2.05) is 0 Å². The van der Waals surface area contributed by atoms with Gasteiger partial charge in [-0.1, -0.05) is 11.8 Å². The van der Waals surface area contributed by atoms with Crippen LogP contribution in [0.3, 0.4) is 0 Å². The van der Waals surface area contributed by atoms with E-state index < -0.39 is 17.1 Å². The predicted octanol–water partition coefficient (Wildman–Crippen LogP) is 5.76. The van der Waals surface area contributed by atoms with Gasteiger partial charge in [0, 0.05) is 36.5 Å². The maximum absolute atomic E-state index is 13.3. The van der Waals surface area contributed by atoms with Crippen LogP contribution in [0.15, 0.2) is 41.3 Å². The Labute approximate surface area is 220 Å². The summed E-state index contributed by atoms with van der Waals surface area (Å²) in [4.78, 5) is 16.7. The number of rotatable bonds is 10. The third-order valence-electron chi connectivity index (χ3n) is 5.81. The molecule has 0 radical (unpaired) electrons. The molecule has 6 nitrogen and oxygen atoms in total. The van der Waals surface area contributed by atoms with Crippen molar-refractivity contribution in [2.24, 2.45) is 0 Å². The van der Waals surface area contributed by atoms with E-state index in [2.05, 4.69) is 18.7 Å². The Bertz CT molecular complexity index is 1040. The summed E-state index contributed by atoms with van der Waals surface area (Å²) in [7, 11) is 1.52. The molecule has 0 saturated carbocycles. The Morgan fingerprint density at radius 3 is 2.50 bits per heavy atom. The highest BCUT2D eigenvalue weighted by atomic mass is 35.5. The number of anilines is 1. The number of hydrogen-bond acceptors (Lipinski definition) is 6. The van der Waals surface area contributed by atoms with E-state index in [4.69, 9.17) is 9.47 Å². The number of carbonyl (C=O) groups is 1. The van der Waals surface area contributed by atoms with E-state index in [9.17, 15) is 23.1 Å². The van der Waals surface area contributed by atoms with Gasteiger partial charge in [-0.25, -0.2) is 0 Å². The Hall–Kier alpha value is -2.14. The molecule has 2 aromatic rings. The van der Waals surface area contributed by atoms with Crippen LogP contribution in [0.2, 0.25) is 0 Å². The lowest BCUT2D eigenvalue weighted by Gasteiger charge is -2.27. The summed E-state index contributed by atoms with van der Waals surface area (Å²) in [6.07, 6.45) is -3.79. The highest BCUT2D eigenvalue weighted by molar-refractivity contribution is 8.00. The largest absolute Gasteiger partial charge is 0.497 e. The van der Waals surface area contributed by atoms with Gasteiger partial charge in [0.15, 0.2) is 0 Å². The number of ether oxygens (including phenoxy) is 2. The standard InChI is InChI=1S/C25H31F3N2O4S.ClH/c1-16(2)29(11-12-31)10-5-13-34-22-8-7-19(33-4)15-20(22)24-30(17(3)32)21-14-18(25(26,27)28)6-9-23(21)35-24;/h6-9,14-16,24,31H,5,10-13H2,1-4H3;1H. The van der Waals surface area contributed by atoms with Crippen molar-refractivity contribution >= 4 is 35.8 Å². The molecule has 200 valence electrons. The van der Waals surface area contributed by atoms with Crippen LogP contribution >= 0.6 is 24.2 Å². The highest BCUT2D eigenvalue weighted by Gasteiger charge is 2.39. The first-order valence-corrected chi connectivity index (χ1v) is 12.3. The minimum Gasteiger partial charge on any atom is -0.497 e. The lowest BCUT2D eigenvalue weighted by Crippen LogP contribution is -2.35.